The van der Waals surface area contributed by atoms with E-state index in [9.17, 15) is 18.0 Å². The molecule has 0 unspecified atom stereocenters. The van der Waals surface area contributed by atoms with Crippen LogP contribution in [0.3, 0.4) is 0 Å². The fourth-order valence-electron chi connectivity index (χ4n) is 4.25. The van der Waals surface area contributed by atoms with E-state index in [1.807, 2.05) is 43.0 Å². The number of rotatable bonds is 4. The fraction of sp³-hybridized carbons (Fsp3) is 0.364. The first-order valence-corrected chi connectivity index (χ1v) is 10.1. The summed E-state index contributed by atoms with van der Waals surface area (Å²) in [6, 6.07) is 10.2. The van der Waals surface area contributed by atoms with Crippen molar-refractivity contribution in [1.82, 2.24) is 4.98 Å². The molecule has 30 heavy (non-hydrogen) atoms. The maximum atomic E-state index is 13.3. The van der Waals surface area contributed by atoms with Crippen LogP contribution in [-0.2, 0) is 6.18 Å². The third-order valence-corrected chi connectivity index (χ3v) is 6.02. The van der Waals surface area contributed by atoms with Crippen LogP contribution in [0.1, 0.15) is 28.5 Å². The van der Waals surface area contributed by atoms with E-state index in [1.165, 1.54) is 11.0 Å². The van der Waals surface area contributed by atoms with Gasteiger partial charge in [0.15, 0.2) is 0 Å². The normalized spacial score (nSPS) is 16.8. The molecule has 1 fully saturated rings. The maximum absolute atomic E-state index is 13.3. The molecule has 0 radical (unpaired) electrons. The number of nitrogens with zero attached hydrogens (tertiary/aromatic N) is 1. The molecule has 158 valence electrons. The van der Waals surface area contributed by atoms with Gasteiger partial charge in [0.25, 0.3) is 5.82 Å². The molecule has 0 spiro atoms. The quantitative estimate of drug-likeness (QED) is 0.639. The van der Waals surface area contributed by atoms with Gasteiger partial charge in [0.1, 0.15) is 38.4 Å². The average Bonchev–Trinajstić information content (AvgIpc) is 3.08. The number of piperazine rings is 1. The minimum Gasteiger partial charge on any atom is -0.358 e. The molecular weight excluding hydrogens is 393 g/mol. The largest absolute Gasteiger partial charge is 0.419 e. The zero-order chi connectivity index (χ0) is 21.5. The van der Waals surface area contributed by atoms with Gasteiger partial charge in [0.2, 0.25) is 5.78 Å². The number of para-hydroxylation sites is 1. The lowest BCUT2D eigenvalue weighted by Gasteiger charge is -2.31. The van der Waals surface area contributed by atoms with Crippen molar-refractivity contribution in [3.8, 4) is 0 Å². The highest BCUT2D eigenvalue weighted by molar-refractivity contribution is 6.10. The fourth-order valence-corrected chi connectivity index (χ4v) is 4.25. The smallest absolute Gasteiger partial charge is 0.358 e. The first kappa shape index (κ1) is 20.4. The molecule has 0 amide bonds. The molecule has 3 heterocycles. The summed E-state index contributed by atoms with van der Waals surface area (Å²) in [5.41, 5.74) is 1.90. The number of hydrogen-bond donors (Lipinski definition) is 2. The lowest BCUT2D eigenvalue weighted by molar-refractivity contribution is -0.914. The van der Waals surface area contributed by atoms with Crippen LogP contribution in [0.5, 0.6) is 0 Å². The Hall–Kier alpha value is -2.87. The summed E-state index contributed by atoms with van der Waals surface area (Å²) in [6.07, 6.45) is -3.35. The summed E-state index contributed by atoms with van der Waals surface area (Å²) in [6.45, 7) is 6.70. The zero-order valence-corrected chi connectivity index (χ0v) is 16.9. The van der Waals surface area contributed by atoms with Gasteiger partial charge < -0.3 is 9.88 Å². The maximum Gasteiger partial charge on any atom is 0.419 e. The summed E-state index contributed by atoms with van der Waals surface area (Å²) >= 11 is 0. The standard InChI is InChI=1S/C22H23F3N4O/c1-14-20(17-5-3-4-6-18(17)27-14)21(30)15(2)28-9-11-29(12-10-28)19-8-7-16(13-26-19)22(23,24)25/h3-8,13,15,27H,9-12H2,1-2H3/p+2/t15-/m1/s1. The Morgan fingerprint density at radius 2 is 1.87 bits per heavy atom. The van der Waals surface area contributed by atoms with Gasteiger partial charge in [-0.05, 0) is 26.0 Å². The Kier molecular flexibility index (Phi) is 5.27. The number of alkyl halides is 3. The summed E-state index contributed by atoms with van der Waals surface area (Å²) in [5.74, 6) is 0.781. The number of H-pyrrole nitrogens is 2. The van der Waals surface area contributed by atoms with Crippen molar-refractivity contribution in [3.05, 3.63) is 59.4 Å². The van der Waals surface area contributed by atoms with Crippen LogP contribution in [0.15, 0.2) is 42.6 Å². The molecule has 0 bridgehead atoms. The molecule has 4 rings (SSSR count). The average molecular weight is 418 g/mol. The van der Waals surface area contributed by atoms with E-state index in [0.717, 1.165) is 47.5 Å². The van der Waals surface area contributed by atoms with Crippen molar-refractivity contribution < 1.29 is 27.8 Å². The third kappa shape index (κ3) is 3.79. The predicted molar refractivity (Wildman–Crippen MR) is 108 cm³/mol. The number of benzene rings is 1. The molecule has 8 heteroatoms. The number of nitrogens with one attached hydrogen (secondary N) is 3. The van der Waals surface area contributed by atoms with E-state index in [-0.39, 0.29) is 11.8 Å². The number of aryl methyl sites for hydroxylation is 1. The number of hydrogen-bond acceptors (Lipinski definition) is 2. The zero-order valence-electron chi connectivity index (χ0n) is 16.9. The number of aromatic nitrogens is 2. The van der Waals surface area contributed by atoms with Crippen molar-refractivity contribution in [2.45, 2.75) is 26.1 Å². The number of pyridine rings is 1. The van der Waals surface area contributed by atoms with Gasteiger partial charge in [-0.2, -0.15) is 13.2 Å². The van der Waals surface area contributed by atoms with Crippen molar-refractivity contribution in [1.29, 1.82) is 0 Å². The second-order valence-electron chi connectivity index (χ2n) is 7.86. The summed E-state index contributed by atoms with van der Waals surface area (Å²) < 4.78 is 38.2. The number of carbonyl (C=O) groups excluding carboxylic acids is 1. The monoisotopic (exact) mass is 418 g/mol. The molecule has 0 aliphatic carbocycles. The summed E-state index contributed by atoms with van der Waals surface area (Å²) in [5, 5.41) is 0.948. The Morgan fingerprint density at radius 1 is 1.17 bits per heavy atom. The second-order valence-corrected chi connectivity index (χ2v) is 7.86. The topological polar surface area (TPSA) is 54.7 Å². The number of Topliss-reactive ketones (excluding diaryl/α,β-unsaturated/α-hetero) is 1. The molecule has 1 atom stereocenters. The van der Waals surface area contributed by atoms with Crippen molar-refractivity contribution in [3.63, 3.8) is 0 Å². The number of fused-ring (bicyclic) bond motifs is 1. The number of quaternary nitrogens is 1. The first-order chi connectivity index (χ1) is 14.3. The van der Waals surface area contributed by atoms with E-state index in [1.54, 1.807) is 0 Å². The van der Waals surface area contributed by atoms with Gasteiger partial charge in [-0.15, -0.1) is 0 Å². The molecule has 0 saturated carbocycles. The summed E-state index contributed by atoms with van der Waals surface area (Å²) in [7, 11) is 0. The minimum absolute atomic E-state index is 0.120. The van der Waals surface area contributed by atoms with Crippen molar-refractivity contribution in [2.75, 3.05) is 31.1 Å². The van der Waals surface area contributed by atoms with Gasteiger partial charge in [0, 0.05) is 22.7 Å². The van der Waals surface area contributed by atoms with Gasteiger partial charge in [-0.25, -0.2) is 4.98 Å². The number of carbonyl (C=O) groups is 1. The van der Waals surface area contributed by atoms with Crippen LogP contribution >= 0.6 is 0 Å². The van der Waals surface area contributed by atoms with Crippen LogP contribution in [-0.4, -0.2) is 43.0 Å². The minimum atomic E-state index is -4.35. The molecule has 1 aliphatic rings. The molecule has 2 aromatic heterocycles. The number of aromatic amines is 2. The van der Waals surface area contributed by atoms with Gasteiger partial charge in [0.05, 0.1) is 11.1 Å². The molecule has 1 saturated heterocycles. The molecule has 3 aromatic rings. The van der Waals surface area contributed by atoms with Crippen molar-refractivity contribution >= 4 is 22.5 Å². The van der Waals surface area contributed by atoms with Gasteiger partial charge in [-0.3, -0.25) is 9.69 Å². The second kappa shape index (κ2) is 7.75. The van der Waals surface area contributed by atoms with Crippen LogP contribution in [0, 0.1) is 6.92 Å². The van der Waals surface area contributed by atoms with Gasteiger partial charge in [-0.1, -0.05) is 18.2 Å². The first-order valence-electron chi connectivity index (χ1n) is 10.1. The molecule has 1 aliphatic heterocycles. The van der Waals surface area contributed by atoms with E-state index in [2.05, 4.69) is 9.97 Å². The van der Waals surface area contributed by atoms with Gasteiger partial charge >= 0.3 is 6.18 Å². The van der Waals surface area contributed by atoms with Crippen LogP contribution in [0.4, 0.5) is 19.0 Å². The Bertz CT molecular complexity index is 1050. The lowest BCUT2D eigenvalue weighted by atomic mass is 10.0. The van der Waals surface area contributed by atoms with Crippen LogP contribution in [0.2, 0.25) is 0 Å². The molecule has 3 N–H and O–H groups in total. The highest BCUT2D eigenvalue weighted by atomic mass is 19.4. The van der Waals surface area contributed by atoms with E-state index < -0.39 is 11.7 Å². The van der Waals surface area contributed by atoms with E-state index in [0.29, 0.717) is 18.9 Å². The van der Waals surface area contributed by atoms with Crippen LogP contribution < -0.4 is 14.8 Å². The number of ketones is 1. The highest BCUT2D eigenvalue weighted by Gasteiger charge is 2.35. The Balaban J connectivity index is 1.43. The third-order valence-electron chi connectivity index (χ3n) is 6.02. The summed E-state index contributed by atoms with van der Waals surface area (Å²) in [4.78, 5) is 22.5. The number of anilines is 1. The molecule has 5 nitrogen and oxygen atoms in total. The van der Waals surface area contributed by atoms with E-state index >= 15 is 0 Å². The SMILES string of the molecule is Cc1[nH]c2ccccc2c1C(=O)[C@@H](C)[NH+]1CCN(c2ccc(C(F)(F)F)c[nH+]2)CC1. The van der Waals surface area contributed by atoms with Crippen molar-refractivity contribution in [2.24, 2.45) is 0 Å². The lowest BCUT2D eigenvalue weighted by Crippen LogP contribution is -3.18. The molecule has 1 aromatic carbocycles. The Morgan fingerprint density at radius 3 is 2.50 bits per heavy atom. The van der Waals surface area contributed by atoms with E-state index in [4.69, 9.17) is 0 Å². The Labute approximate surface area is 172 Å². The molecular formula is C22H25F3N4O+2. The highest BCUT2D eigenvalue weighted by Crippen LogP contribution is 2.28. The number of halogens is 3. The van der Waals surface area contributed by atoms with Crippen LogP contribution in [0.25, 0.3) is 10.9 Å². The predicted octanol–water partition coefficient (Wildman–Crippen LogP) is 2.29.